The molecule has 1 N–H and O–H groups in total. The summed E-state index contributed by atoms with van der Waals surface area (Å²) >= 11 is 12.4. The first-order valence-corrected chi connectivity index (χ1v) is 8.72. The lowest BCUT2D eigenvalue weighted by atomic mass is 10.1. The predicted molar refractivity (Wildman–Crippen MR) is 105 cm³/mol. The Morgan fingerprint density at radius 1 is 1.12 bits per heavy atom. The van der Waals surface area contributed by atoms with Gasteiger partial charge in [-0.15, -0.1) is 0 Å². The standard InChI is InChI=1S/C19H18Cl2N4O/c1-24(2)12-13-6-5-11-25(13)16-9-10-17(21)22-19(16)18(23-26)14-7-3-4-8-15(14)20/h3-11,26H,12H2,1-2H3/b23-18+. The fourth-order valence-electron chi connectivity index (χ4n) is 2.78. The highest BCUT2D eigenvalue weighted by molar-refractivity contribution is 6.35. The number of oxime groups is 1. The molecule has 0 radical (unpaired) electrons. The van der Waals surface area contributed by atoms with Crippen LogP contribution in [-0.2, 0) is 6.54 Å². The minimum atomic E-state index is 0.262. The maximum atomic E-state index is 9.71. The molecular weight excluding hydrogens is 371 g/mol. The van der Waals surface area contributed by atoms with Gasteiger partial charge in [0.05, 0.1) is 10.7 Å². The quantitative estimate of drug-likeness (QED) is 0.303. The molecule has 0 amide bonds. The molecule has 0 atom stereocenters. The molecular formula is C19H18Cl2N4O. The van der Waals surface area contributed by atoms with Crippen molar-refractivity contribution in [3.63, 3.8) is 0 Å². The Morgan fingerprint density at radius 2 is 1.88 bits per heavy atom. The van der Waals surface area contributed by atoms with Crippen LogP contribution in [-0.4, -0.2) is 39.5 Å². The topological polar surface area (TPSA) is 53.7 Å². The van der Waals surface area contributed by atoms with Crippen molar-refractivity contribution >= 4 is 28.9 Å². The molecule has 0 saturated carbocycles. The zero-order valence-corrected chi connectivity index (χ0v) is 15.9. The van der Waals surface area contributed by atoms with E-state index in [1.54, 1.807) is 18.2 Å². The number of pyridine rings is 1. The second-order valence-electron chi connectivity index (χ2n) is 6.04. The van der Waals surface area contributed by atoms with E-state index in [0.717, 1.165) is 17.9 Å². The summed E-state index contributed by atoms with van der Waals surface area (Å²) in [6, 6.07) is 14.7. The highest BCUT2D eigenvalue weighted by Gasteiger charge is 2.19. The Morgan fingerprint density at radius 3 is 2.58 bits per heavy atom. The van der Waals surface area contributed by atoms with E-state index >= 15 is 0 Å². The number of rotatable bonds is 5. The molecule has 0 unspecified atom stereocenters. The Balaban J connectivity index is 2.19. The zero-order chi connectivity index (χ0) is 18.7. The molecule has 0 spiro atoms. The lowest BCUT2D eigenvalue weighted by molar-refractivity contribution is 0.319. The van der Waals surface area contributed by atoms with E-state index in [1.165, 1.54) is 0 Å². The van der Waals surface area contributed by atoms with Gasteiger partial charge in [0.2, 0.25) is 0 Å². The van der Waals surface area contributed by atoms with Crippen LogP contribution in [0.1, 0.15) is 17.0 Å². The predicted octanol–water partition coefficient (Wildman–Crippen LogP) is 4.47. The highest BCUT2D eigenvalue weighted by atomic mass is 35.5. The van der Waals surface area contributed by atoms with Crippen LogP contribution in [0.15, 0.2) is 59.9 Å². The van der Waals surface area contributed by atoms with E-state index in [0.29, 0.717) is 21.4 Å². The van der Waals surface area contributed by atoms with E-state index < -0.39 is 0 Å². The Bertz CT molecular complexity index is 950. The SMILES string of the molecule is CN(C)Cc1cccn1-c1ccc(Cl)nc1/C(=N/O)c1ccccc1Cl. The fourth-order valence-corrected chi connectivity index (χ4v) is 3.16. The minimum Gasteiger partial charge on any atom is -0.410 e. The minimum absolute atomic E-state index is 0.262. The Kier molecular flexibility index (Phi) is 5.61. The molecule has 0 saturated heterocycles. The maximum Gasteiger partial charge on any atom is 0.139 e. The number of aromatic nitrogens is 2. The van der Waals surface area contributed by atoms with Crippen LogP contribution < -0.4 is 0 Å². The van der Waals surface area contributed by atoms with Gasteiger partial charge in [0.15, 0.2) is 0 Å². The van der Waals surface area contributed by atoms with Gasteiger partial charge < -0.3 is 14.7 Å². The molecule has 0 bridgehead atoms. The Hall–Kier alpha value is -2.34. The molecule has 3 rings (SSSR count). The van der Waals surface area contributed by atoms with Gasteiger partial charge in [-0.1, -0.05) is 46.6 Å². The molecule has 0 aliphatic heterocycles. The third-order valence-corrected chi connectivity index (χ3v) is 4.40. The van der Waals surface area contributed by atoms with E-state index in [2.05, 4.69) is 15.0 Å². The first-order chi connectivity index (χ1) is 12.5. The van der Waals surface area contributed by atoms with Gasteiger partial charge in [-0.05, 0) is 44.4 Å². The van der Waals surface area contributed by atoms with E-state index in [1.807, 2.05) is 55.2 Å². The smallest absolute Gasteiger partial charge is 0.139 e. The first-order valence-electron chi connectivity index (χ1n) is 7.96. The third kappa shape index (κ3) is 3.75. The van der Waals surface area contributed by atoms with Crippen LogP contribution >= 0.6 is 23.2 Å². The van der Waals surface area contributed by atoms with Crippen LogP contribution in [0.25, 0.3) is 5.69 Å². The van der Waals surface area contributed by atoms with Gasteiger partial charge in [0, 0.05) is 24.0 Å². The number of benzene rings is 1. The van der Waals surface area contributed by atoms with Crippen molar-refractivity contribution in [2.45, 2.75) is 6.54 Å². The highest BCUT2D eigenvalue weighted by Crippen LogP contribution is 2.25. The van der Waals surface area contributed by atoms with E-state index in [-0.39, 0.29) is 5.71 Å². The van der Waals surface area contributed by atoms with Gasteiger partial charge >= 0.3 is 0 Å². The van der Waals surface area contributed by atoms with Crippen LogP contribution in [0, 0.1) is 0 Å². The molecule has 0 fully saturated rings. The number of nitrogens with zero attached hydrogens (tertiary/aromatic N) is 4. The average molecular weight is 389 g/mol. The first kappa shape index (κ1) is 18.5. The summed E-state index contributed by atoms with van der Waals surface area (Å²) in [6.07, 6.45) is 1.94. The zero-order valence-electron chi connectivity index (χ0n) is 14.4. The average Bonchev–Trinajstić information content (AvgIpc) is 3.04. The maximum absolute atomic E-state index is 9.71. The van der Waals surface area contributed by atoms with Crippen molar-refractivity contribution < 1.29 is 5.21 Å². The fraction of sp³-hybridized carbons (Fsp3) is 0.158. The summed E-state index contributed by atoms with van der Waals surface area (Å²) in [5, 5.41) is 14.0. The molecule has 134 valence electrons. The largest absolute Gasteiger partial charge is 0.410 e. The molecule has 3 aromatic rings. The molecule has 5 nitrogen and oxygen atoms in total. The lowest BCUT2D eigenvalue weighted by Gasteiger charge is -2.17. The van der Waals surface area contributed by atoms with Crippen LogP contribution in [0.2, 0.25) is 10.2 Å². The number of halogens is 2. The number of hydrogen-bond donors (Lipinski definition) is 1. The summed E-state index contributed by atoms with van der Waals surface area (Å²) in [5.74, 6) is 0. The van der Waals surface area contributed by atoms with Gasteiger partial charge in [0.1, 0.15) is 16.6 Å². The summed E-state index contributed by atoms with van der Waals surface area (Å²) in [5.41, 5.74) is 3.11. The van der Waals surface area contributed by atoms with Crippen molar-refractivity contribution in [3.8, 4) is 5.69 Å². The van der Waals surface area contributed by atoms with Gasteiger partial charge in [-0.2, -0.15) is 0 Å². The van der Waals surface area contributed by atoms with Crippen molar-refractivity contribution in [1.82, 2.24) is 14.5 Å². The Labute approximate surface area is 162 Å². The summed E-state index contributed by atoms with van der Waals surface area (Å²) in [7, 11) is 4.01. The van der Waals surface area contributed by atoms with Gasteiger partial charge in [0.25, 0.3) is 0 Å². The van der Waals surface area contributed by atoms with Crippen LogP contribution in [0.4, 0.5) is 0 Å². The second kappa shape index (κ2) is 7.91. The molecule has 26 heavy (non-hydrogen) atoms. The summed E-state index contributed by atoms with van der Waals surface area (Å²) in [4.78, 5) is 6.49. The molecule has 0 aliphatic rings. The van der Waals surface area contributed by atoms with E-state index in [4.69, 9.17) is 23.2 Å². The molecule has 1 aromatic carbocycles. The second-order valence-corrected chi connectivity index (χ2v) is 6.83. The molecule has 2 aromatic heterocycles. The van der Waals surface area contributed by atoms with Crippen molar-refractivity contribution in [2.24, 2.45) is 5.16 Å². The van der Waals surface area contributed by atoms with E-state index in [9.17, 15) is 5.21 Å². The monoisotopic (exact) mass is 388 g/mol. The summed E-state index contributed by atoms with van der Waals surface area (Å²) < 4.78 is 2.00. The lowest BCUT2D eigenvalue weighted by Crippen LogP contribution is -2.16. The molecule has 0 aliphatic carbocycles. The van der Waals surface area contributed by atoms with Crippen LogP contribution in [0.5, 0.6) is 0 Å². The molecule has 7 heteroatoms. The van der Waals surface area contributed by atoms with Crippen LogP contribution in [0.3, 0.4) is 0 Å². The van der Waals surface area contributed by atoms with Crippen molar-refractivity contribution in [2.75, 3.05) is 14.1 Å². The van der Waals surface area contributed by atoms with Gasteiger partial charge in [-0.25, -0.2) is 4.98 Å². The van der Waals surface area contributed by atoms with Gasteiger partial charge in [-0.3, -0.25) is 0 Å². The third-order valence-electron chi connectivity index (χ3n) is 3.86. The summed E-state index contributed by atoms with van der Waals surface area (Å²) in [6.45, 7) is 0.743. The van der Waals surface area contributed by atoms with Crippen molar-refractivity contribution in [1.29, 1.82) is 0 Å². The normalized spacial score (nSPS) is 12.0. The van der Waals surface area contributed by atoms with Crippen molar-refractivity contribution in [3.05, 3.63) is 81.9 Å². The number of hydrogen-bond acceptors (Lipinski definition) is 4. The molecule has 2 heterocycles.